The molecule has 74 valence electrons. The van der Waals surface area contributed by atoms with Gasteiger partial charge in [-0.15, -0.1) is 0 Å². The first-order chi connectivity index (χ1) is 6.83. The van der Waals surface area contributed by atoms with Gasteiger partial charge in [0.2, 0.25) is 0 Å². The Bertz CT molecular complexity index is 295. The molecule has 0 N–H and O–H groups in total. The van der Waals surface area contributed by atoms with Crippen LogP contribution in [0.25, 0.3) is 0 Å². The third kappa shape index (κ3) is 3.85. The fourth-order valence-corrected chi connectivity index (χ4v) is 1.12. The van der Waals surface area contributed by atoms with Crippen molar-refractivity contribution >= 4 is 12.5 Å². The molecule has 14 heavy (non-hydrogen) atoms. The van der Waals surface area contributed by atoms with E-state index in [1.165, 1.54) is 5.56 Å². The number of hydrazone groups is 1. The topological polar surface area (TPSA) is 32.7 Å². The number of hydrogen-bond donors (Lipinski definition) is 0. The van der Waals surface area contributed by atoms with Crippen molar-refractivity contribution in [3.05, 3.63) is 35.9 Å². The Morgan fingerprint density at radius 1 is 1.36 bits per heavy atom. The highest BCUT2D eigenvalue weighted by Gasteiger charge is 1.93. The summed E-state index contributed by atoms with van der Waals surface area (Å²) in [6.45, 7) is 0.760. The Morgan fingerprint density at radius 3 is 2.71 bits per heavy atom. The largest absolute Gasteiger partial charge is 0.303 e. The van der Waals surface area contributed by atoms with Gasteiger partial charge in [0.15, 0.2) is 0 Å². The van der Waals surface area contributed by atoms with E-state index in [1.807, 2.05) is 37.4 Å². The number of rotatable bonds is 5. The van der Waals surface area contributed by atoms with E-state index in [2.05, 4.69) is 5.10 Å². The lowest BCUT2D eigenvalue weighted by atomic mass is 10.2. The van der Waals surface area contributed by atoms with Crippen LogP contribution in [0.2, 0.25) is 0 Å². The van der Waals surface area contributed by atoms with Gasteiger partial charge in [0.05, 0.1) is 6.54 Å². The smallest absolute Gasteiger partial charge is 0.125 e. The van der Waals surface area contributed by atoms with Gasteiger partial charge >= 0.3 is 0 Å². The van der Waals surface area contributed by atoms with Crippen LogP contribution in [0, 0.1) is 0 Å². The third-order valence-corrected chi connectivity index (χ3v) is 1.73. The number of benzene rings is 1. The zero-order valence-corrected chi connectivity index (χ0v) is 8.26. The van der Waals surface area contributed by atoms with E-state index in [-0.39, 0.29) is 0 Å². The minimum atomic E-state index is 0.374. The average molecular weight is 190 g/mol. The van der Waals surface area contributed by atoms with Crippen molar-refractivity contribution < 1.29 is 4.79 Å². The predicted molar refractivity (Wildman–Crippen MR) is 57.1 cm³/mol. The Kier molecular flexibility index (Phi) is 4.41. The van der Waals surface area contributed by atoms with Gasteiger partial charge in [0.1, 0.15) is 6.29 Å². The average Bonchev–Trinajstić information content (AvgIpc) is 2.20. The summed E-state index contributed by atoms with van der Waals surface area (Å²) in [4.78, 5) is 10.0. The van der Waals surface area contributed by atoms with E-state index >= 15 is 0 Å². The summed E-state index contributed by atoms with van der Waals surface area (Å²) in [7, 11) is 1.88. The Balaban J connectivity index is 2.41. The SMILES string of the molecule is CN(Cc1ccccc1)N=CCC=O. The molecule has 1 aromatic rings. The first-order valence-electron chi connectivity index (χ1n) is 4.54. The number of carbonyl (C=O) groups excluding carboxylic acids is 1. The number of carbonyl (C=O) groups is 1. The molecule has 0 saturated carbocycles. The maximum atomic E-state index is 10.0. The molecule has 0 saturated heterocycles. The van der Waals surface area contributed by atoms with Crippen molar-refractivity contribution in [2.24, 2.45) is 5.10 Å². The molecule has 0 bridgehead atoms. The van der Waals surface area contributed by atoms with Crippen LogP contribution in [-0.2, 0) is 11.3 Å². The fourth-order valence-electron chi connectivity index (χ4n) is 1.12. The molecule has 0 unspecified atom stereocenters. The second-order valence-corrected chi connectivity index (χ2v) is 3.00. The standard InChI is InChI=1S/C11H14N2O/c1-13(12-8-5-9-14)10-11-6-3-2-4-7-11/h2-4,6-9H,5,10H2,1H3. The monoisotopic (exact) mass is 190 g/mol. The van der Waals surface area contributed by atoms with Crippen LogP contribution in [0.5, 0.6) is 0 Å². The van der Waals surface area contributed by atoms with Crippen LogP contribution < -0.4 is 0 Å². The summed E-state index contributed by atoms with van der Waals surface area (Å²) < 4.78 is 0. The van der Waals surface area contributed by atoms with E-state index in [0.29, 0.717) is 6.42 Å². The molecule has 0 spiro atoms. The first kappa shape index (κ1) is 10.4. The minimum Gasteiger partial charge on any atom is -0.303 e. The fraction of sp³-hybridized carbons (Fsp3) is 0.273. The third-order valence-electron chi connectivity index (χ3n) is 1.73. The van der Waals surface area contributed by atoms with Crippen molar-refractivity contribution in [3.8, 4) is 0 Å². The summed E-state index contributed by atoms with van der Waals surface area (Å²) >= 11 is 0. The summed E-state index contributed by atoms with van der Waals surface area (Å²) in [6, 6.07) is 10.1. The zero-order chi connectivity index (χ0) is 10.2. The van der Waals surface area contributed by atoms with Crippen LogP contribution in [0.3, 0.4) is 0 Å². The predicted octanol–water partition coefficient (Wildman–Crippen LogP) is 1.69. The zero-order valence-electron chi connectivity index (χ0n) is 8.26. The molecule has 1 rings (SSSR count). The quantitative estimate of drug-likeness (QED) is 0.402. The van der Waals surface area contributed by atoms with Crippen molar-refractivity contribution in [3.63, 3.8) is 0 Å². The second kappa shape index (κ2) is 5.91. The van der Waals surface area contributed by atoms with Crippen LogP contribution in [0.15, 0.2) is 35.4 Å². The van der Waals surface area contributed by atoms with Crippen LogP contribution in [-0.4, -0.2) is 24.6 Å². The van der Waals surface area contributed by atoms with Gasteiger partial charge in [-0.25, -0.2) is 0 Å². The maximum Gasteiger partial charge on any atom is 0.125 e. The second-order valence-electron chi connectivity index (χ2n) is 3.00. The highest BCUT2D eigenvalue weighted by Crippen LogP contribution is 2.01. The molecule has 0 heterocycles. The number of nitrogens with zero attached hydrogens (tertiary/aromatic N) is 2. The highest BCUT2D eigenvalue weighted by molar-refractivity contribution is 5.75. The lowest BCUT2D eigenvalue weighted by Crippen LogP contribution is -2.10. The minimum absolute atomic E-state index is 0.374. The van der Waals surface area contributed by atoms with Crippen molar-refractivity contribution in [2.75, 3.05) is 7.05 Å². The van der Waals surface area contributed by atoms with Crippen LogP contribution in [0.4, 0.5) is 0 Å². The van der Waals surface area contributed by atoms with E-state index in [0.717, 1.165) is 12.8 Å². The van der Waals surface area contributed by atoms with Gasteiger partial charge in [-0.2, -0.15) is 5.10 Å². The van der Waals surface area contributed by atoms with E-state index in [9.17, 15) is 4.79 Å². The molecule has 0 aliphatic rings. The van der Waals surface area contributed by atoms with Gasteiger partial charge in [-0.3, -0.25) is 5.01 Å². The van der Waals surface area contributed by atoms with E-state index in [4.69, 9.17) is 0 Å². The van der Waals surface area contributed by atoms with E-state index < -0.39 is 0 Å². The molecule has 3 nitrogen and oxygen atoms in total. The van der Waals surface area contributed by atoms with Gasteiger partial charge in [0, 0.05) is 19.7 Å². The summed E-state index contributed by atoms with van der Waals surface area (Å²) in [6.07, 6.45) is 2.81. The molecular weight excluding hydrogens is 176 g/mol. The Morgan fingerprint density at radius 2 is 2.07 bits per heavy atom. The van der Waals surface area contributed by atoms with Crippen LogP contribution in [0.1, 0.15) is 12.0 Å². The van der Waals surface area contributed by atoms with Crippen LogP contribution >= 0.6 is 0 Å². The lowest BCUT2D eigenvalue weighted by molar-refractivity contribution is -0.106. The van der Waals surface area contributed by atoms with Gasteiger partial charge < -0.3 is 4.79 Å². The first-order valence-corrected chi connectivity index (χ1v) is 4.54. The van der Waals surface area contributed by atoms with E-state index in [1.54, 1.807) is 11.2 Å². The van der Waals surface area contributed by atoms with Crippen molar-refractivity contribution in [1.29, 1.82) is 0 Å². The molecular formula is C11H14N2O. The summed E-state index contributed by atoms with van der Waals surface area (Å²) in [5.74, 6) is 0. The molecule has 3 heteroatoms. The molecule has 0 atom stereocenters. The Hall–Kier alpha value is -1.64. The molecule has 0 radical (unpaired) electrons. The molecule has 1 aromatic carbocycles. The van der Waals surface area contributed by atoms with Crippen molar-refractivity contribution in [2.45, 2.75) is 13.0 Å². The number of aldehydes is 1. The summed E-state index contributed by atoms with van der Waals surface area (Å²) in [5, 5.41) is 5.89. The lowest BCUT2D eigenvalue weighted by Gasteiger charge is -2.11. The molecule has 0 fully saturated rings. The maximum absolute atomic E-state index is 10.0. The molecule has 0 aromatic heterocycles. The molecule has 0 aliphatic carbocycles. The number of hydrogen-bond acceptors (Lipinski definition) is 3. The van der Waals surface area contributed by atoms with Gasteiger partial charge in [-0.1, -0.05) is 30.3 Å². The highest BCUT2D eigenvalue weighted by atomic mass is 16.1. The molecule has 0 amide bonds. The Labute approximate surface area is 84.0 Å². The van der Waals surface area contributed by atoms with Crippen molar-refractivity contribution in [1.82, 2.24) is 5.01 Å². The van der Waals surface area contributed by atoms with Gasteiger partial charge in [0.25, 0.3) is 0 Å². The summed E-state index contributed by atoms with van der Waals surface area (Å²) in [5.41, 5.74) is 1.21. The molecule has 0 aliphatic heterocycles. The normalized spacial score (nSPS) is 10.4. The van der Waals surface area contributed by atoms with Gasteiger partial charge in [-0.05, 0) is 5.56 Å².